The summed E-state index contributed by atoms with van der Waals surface area (Å²) < 4.78 is 15.6. The summed E-state index contributed by atoms with van der Waals surface area (Å²) in [7, 11) is 0. The van der Waals surface area contributed by atoms with Gasteiger partial charge in [-0.15, -0.1) is 0 Å². The van der Waals surface area contributed by atoms with Crippen molar-refractivity contribution in [2.45, 2.75) is 26.3 Å². The monoisotopic (exact) mass is 288 g/mol. The van der Waals surface area contributed by atoms with Gasteiger partial charge < -0.3 is 9.67 Å². The fourth-order valence-corrected chi connectivity index (χ4v) is 2.16. The van der Waals surface area contributed by atoms with Crippen LogP contribution >= 0.6 is 0 Å². The SMILES string of the molecule is CCCc1nccn1Cc1cc(F)cc(C=CC(=O)O)c1. The number of benzene rings is 1. The van der Waals surface area contributed by atoms with E-state index in [2.05, 4.69) is 11.9 Å². The van der Waals surface area contributed by atoms with Gasteiger partial charge in [0.1, 0.15) is 11.6 Å². The fraction of sp³-hybridized carbons (Fsp3) is 0.250. The summed E-state index contributed by atoms with van der Waals surface area (Å²) in [5, 5.41) is 8.62. The Kier molecular flexibility index (Phi) is 4.87. The topological polar surface area (TPSA) is 55.1 Å². The second kappa shape index (κ2) is 6.83. The second-order valence-corrected chi connectivity index (χ2v) is 4.79. The molecule has 0 radical (unpaired) electrons. The van der Waals surface area contributed by atoms with Gasteiger partial charge in [0, 0.05) is 31.4 Å². The molecule has 21 heavy (non-hydrogen) atoms. The predicted molar refractivity (Wildman–Crippen MR) is 78.4 cm³/mol. The Hall–Kier alpha value is -2.43. The predicted octanol–water partition coefficient (Wildman–Crippen LogP) is 3.12. The van der Waals surface area contributed by atoms with Crippen molar-refractivity contribution in [3.8, 4) is 0 Å². The van der Waals surface area contributed by atoms with Gasteiger partial charge in [0.05, 0.1) is 0 Å². The van der Waals surface area contributed by atoms with Gasteiger partial charge in [0.2, 0.25) is 0 Å². The highest BCUT2D eigenvalue weighted by molar-refractivity contribution is 5.85. The Morgan fingerprint density at radius 1 is 1.43 bits per heavy atom. The number of halogens is 1. The highest BCUT2D eigenvalue weighted by Crippen LogP contribution is 2.14. The summed E-state index contributed by atoms with van der Waals surface area (Å²) >= 11 is 0. The van der Waals surface area contributed by atoms with E-state index in [4.69, 9.17) is 5.11 Å². The van der Waals surface area contributed by atoms with Crippen molar-refractivity contribution in [3.05, 3.63) is 59.4 Å². The molecule has 0 saturated carbocycles. The van der Waals surface area contributed by atoms with E-state index in [0.29, 0.717) is 12.1 Å². The first-order chi connectivity index (χ1) is 10.1. The minimum absolute atomic E-state index is 0.380. The van der Waals surface area contributed by atoms with E-state index in [0.717, 1.165) is 30.3 Å². The first-order valence-electron chi connectivity index (χ1n) is 6.79. The van der Waals surface area contributed by atoms with Crippen LogP contribution < -0.4 is 0 Å². The Bertz CT molecular complexity index is 662. The zero-order valence-electron chi connectivity index (χ0n) is 11.8. The molecule has 0 bridgehead atoms. The van der Waals surface area contributed by atoms with Gasteiger partial charge >= 0.3 is 5.97 Å². The van der Waals surface area contributed by atoms with Gasteiger partial charge in [0.25, 0.3) is 0 Å². The summed E-state index contributed by atoms with van der Waals surface area (Å²) in [6.45, 7) is 2.59. The molecule has 0 saturated heterocycles. The molecule has 110 valence electrons. The number of imidazole rings is 1. The zero-order chi connectivity index (χ0) is 15.2. The van der Waals surface area contributed by atoms with Crippen molar-refractivity contribution in [2.24, 2.45) is 0 Å². The molecule has 1 heterocycles. The number of aromatic nitrogens is 2. The van der Waals surface area contributed by atoms with Crippen molar-refractivity contribution < 1.29 is 14.3 Å². The highest BCUT2D eigenvalue weighted by atomic mass is 19.1. The lowest BCUT2D eigenvalue weighted by molar-refractivity contribution is -0.131. The van der Waals surface area contributed by atoms with Crippen LogP contribution in [0.2, 0.25) is 0 Å². The highest BCUT2D eigenvalue weighted by Gasteiger charge is 2.05. The molecule has 0 aliphatic rings. The minimum atomic E-state index is -1.05. The number of aryl methyl sites for hydroxylation is 1. The average Bonchev–Trinajstić information content (AvgIpc) is 2.84. The Balaban J connectivity index is 2.23. The molecule has 0 aliphatic heterocycles. The molecule has 2 aromatic rings. The molecule has 0 amide bonds. The van der Waals surface area contributed by atoms with Crippen molar-refractivity contribution in [1.82, 2.24) is 9.55 Å². The van der Waals surface area contributed by atoms with Crippen molar-refractivity contribution in [1.29, 1.82) is 0 Å². The van der Waals surface area contributed by atoms with Crippen LogP contribution in [0.5, 0.6) is 0 Å². The third-order valence-corrected chi connectivity index (χ3v) is 3.03. The quantitative estimate of drug-likeness (QED) is 0.831. The zero-order valence-corrected chi connectivity index (χ0v) is 11.8. The normalized spacial score (nSPS) is 11.1. The second-order valence-electron chi connectivity index (χ2n) is 4.79. The van der Waals surface area contributed by atoms with Gasteiger partial charge in [-0.05, 0) is 41.8 Å². The van der Waals surface area contributed by atoms with Crippen LogP contribution in [0.1, 0.15) is 30.3 Å². The smallest absolute Gasteiger partial charge is 0.328 e. The molecule has 0 atom stereocenters. The number of hydrogen-bond acceptors (Lipinski definition) is 2. The Labute approximate surface area is 122 Å². The van der Waals surface area contributed by atoms with E-state index in [-0.39, 0.29) is 5.82 Å². The summed E-state index contributed by atoms with van der Waals surface area (Å²) in [6.07, 6.45) is 7.84. The van der Waals surface area contributed by atoms with Crippen molar-refractivity contribution in [3.63, 3.8) is 0 Å². The standard InChI is InChI=1S/C16H17FN2O2/c1-2-3-15-18-6-7-19(15)11-13-8-12(4-5-16(20)21)9-14(17)10-13/h4-10H,2-3,11H2,1H3,(H,20,21). The maximum atomic E-state index is 13.6. The largest absolute Gasteiger partial charge is 0.478 e. The number of nitrogens with zero attached hydrogens (tertiary/aromatic N) is 2. The van der Waals surface area contributed by atoms with Crippen molar-refractivity contribution >= 4 is 12.0 Å². The van der Waals surface area contributed by atoms with E-state index in [1.54, 1.807) is 12.3 Å². The van der Waals surface area contributed by atoms with Gasteiger partial charge in [-0.1, -0.05) is 6.92 Å². The van der Waals surface area contributed by atoms with Gasteiger partial charge in [-0.2, -0.15) is 0 Å². The van der Waals surface area contributed by atoms with Crippen LogP contribution in [0.15, 0.2) is 36.7 Å². The number of carboxylic acid groups (broad SMARTS) is 1. The summed E-state index contributed by atoms with van der Waals surface area (Å²) in [6, 6.07) is 4.54. The molecule has 2 rings (SSSR count). The third-order valence-electron chi connectivity index (χ3n) is 3.03. The summed E-state index contributed by atoms with van der Waals surface area (Å²) in [4.78, 5) is 14.8. The molecule has 5 heteroatoms. The molecular weight excluding hydrogens is 271 g/mol. The van der Waals surface area contributed by atoms with Crippen LogP contribution in [-0.4, -0.2) is 20.6 Å². The van der Waals surface area contributed by atoms with Crippen LogP contribution in [0.3, 0.4) is 0 Å². The Morgan fingerprint density at radius 3 is 2.95 bits per heavy atom. The first kappa shape index (κ1) is 15.0. The van der Waals surface area contributed by atoms with E-state index in [1.165, 1.54) is 18.2 Å². The minimum Gasteiger partial charge on any atom is -0.478 e. The summed E-state index contributed by atoms with van der Waals surface area (Å²) in [5.41, 5.74) is 1.31. The van der Waals surface area contributed by atoms with E-state index in [9.17, 15) is 9.18 Å². The third kappa shape index (κ3) is 4.27. The molecule has 0 fully saturated rings. The number of carbonyl (C=O) groups is 1. The molecule has 1 N–H and O–H groups in total. The fourth-order valence-electron chi connectivity index (χ4n) is 2.16. The van der Waals surface area contributed by atoms with Crippen LogP contribution in [0, 0.1) is 5.82 Å². The molecule has 4 nitrogen and oxygen atoms in total. The first-order valence-corrected chi connectivity index (χ1v) is 6.79. The molecule has 1 aromatic carbocycles. The van der Waals surface area contributed by atoms with Gasteiger partial charge in [-0.3, -0.25) is 0 Å². The number of aliphatic carboxylic acids is 1. The molecule has 1 aromatic heterocycles. The average molecular weight is 288 g/mol. The summed E-state index contributed by atoms with van der Waals surface area (Å²) in [5.74, 6) is -0.472. The number of hydrogen-bond donors (Lipinski definition) is 1. The maximum Gasteiger partial charge on any atom is 0.328 e. The molecular formula is C16H17FN2O2. The van der Waals surface area contributed by atoms with Crippen molar-refractivity contribution in [2.75, 3.05) is 0 Å². The van der Waals surface area contributed by atoms with Crippen LogP contribution in [0.4, 0.5) is 4.39 Å². The van der Waals surface area contributed by atoms with Gasteiger partial charge in [-0.25, -0.2) is 14.2 Å². The van der Waals surface area contributed by atoms with E-state index in [1.807, 2.05) is 10.8 Å². The molecule has 0 unspecified atom stereocenters. The van der Waals surface area contributed by atoms with Crippen LogP contribution in [-0.2, 0) is 17.8 Å². The lowest BCUT2D eigenvalue weighted by atomic mass is 10.1. The molecule has 0 spiro atoms. The van der Waals surface area contributed by atoms with E-state index >= 15 is 0 Å². The lowest BCUT2D eigenvalue weighted by Crippen LogP contribution is -2.04. The van der Waals surface area contributed by atoms with Gasteiger partial charge in [0.15, 0.2) is 0 Å². The lowest BCUT2D eigenvalue weighted by Gasteiger charge is -2.08. The Morgan fingerprint density at radius 2 is 2.24 bits per heavy atom. The van der Waals surface area contributed by atoms with Crippen LogP contribution in [0.25, 0.3) is 6.08 Å². The van der Waals surface area contributed by atoms with E-state index < -0.39 is 5.97 Å². The molecule has 0 aliphatic carbocycles. The number of carboxylic acids is 1. The number of rotatable bonds is 6. The maximum absolute atomic E-state index is 13.6.